The van der Waals surface area contributed by atoms with E-state index in [1.54, 1.807) is 12.1 Å². The Balaban J connectivity index is 1.85. The number of rotatable bonds is 2. The van der Waals surface area contributed by atoms with Crippen LogP contribution in [-0.4, -0.2) is 29.3 Å². The number of H-pyrrole nitrogens is 1. The Morgan fingerprint density at radius 2 is 2.05 bits per heavy atom. The number of nitrogens with zero attached hydrogens (tertiary/aromatic N) is 2. The summed E-state index contributed by atoms with van der Waals surface area (Å²) in [6.45, 7) is 1.79. The molecule has 0 radical (unpaired) electrons. The zero-order valence-corrected chi connectivity index (χ0v) is 12.5. The zero-order valence-electron chi connectivity index (χ0n) is 10.9. The lowest BCUT2D eigenvalue weighted by molar-refractivity contribution is 0.498. The molecule has 0 atom stereocenters. The van der Waals surface area contributed by atoms with Gasteiger partial charge in [0.2, 0.25) is 0 Å². The second-order valence-electron chi connectivity index (χ2n) is 5.09. The maximum atomic E-state index is 13.9. The Kier molecular flexibility index (Phi) is 3.76. The number of aromatic nitrogens is 2. The molecular weight excluding hydrogens is 323 g/mol. The van der Waals surface area contributed by atoms with Crippen molar-refractivity contribution in [2.24, 2.45) is 5.73 Å². The van der Waals surface area contributed by atoms with E-state index < -0.39 is 0 Å². The zero-order chi connectivity index (χ0) is 14.1. The van der Waals surface area contributed by atoms with Crippen molar-refractivity contribution in [3.05, 3.63) is 34.6 Å². The fraction of sp³-hybridized carbons (Fsp3) is 0.357. The summed E-state index contributed by atoms with van der Waals surface area (Å²) in [4.78, 5) is 2.18. The molecule has 0 aliphatic carbocycles. The van der Waals surface area contributed by atoms with Crippen LogP contribution in [0, 0.1) is 5.82 Å². The van der Waals surface area contributed by atoms with E-state index in [-0.39, 0.29) is 11.9 Å². The topological polar surface area (TPSA) is 57.9 Å². The molecule has 6 heteroatoms. The molecule has 2 aromatic rings. The second kappa shape index (κ2) is 5.54. The lowest BCUT2D eigenvalue weighted by atomic mass is 10.1. The number of aromatic amines is 1. The number of benzene rings is 1. The van der Waals surface area contributed by atoms with Crippen LogP contribution in [0.3, 0.4) is 0 Å². The van der Waals surface area contributed by atoms with E-state index in [1.165, 1.54) is 6.07 Å². The summed E-state index contributed by atoms with van der Waals surface area (Å²) in [5, 5.41) is 7.21. The van der Waals surface area contributed by atoms with Gasteiger partial charge in [0.25, 0.3) is 0 Å². The van der Waals surface area contributed by atoms with Crippen molar-refractivity contribution in [1.82, 2.24) is 10.2 Å². The standard InChI is InChI=1S/C14H16BrFN4/c15-9-1-2-12(16)11(7-9)13-8-14(19-18-13)20-5-3-10(17)4-6-20/h1-2,7-8,10H,3-6,17H2,(H,18,19). The van der Waals surface area contributed by atoms with Crippen molar-refractivity contribution >= 4 is 21.7 Å². The maximum absolute atomic E-state index is 13.9. The van der Waals surface area contributed by atoms with E-state index >= 15 is 0 Å². The number of nitrogens with one attached hydrogen (secondary N) is 1. The van der Waals surface area contributed by atoms with Gasteiger partial charge in [0, 0.05) is 35.2 Å². The lowest BCUT2D eigenvalue weighted by Crippen LogP contribution is -2.39. The summed E-state index contributed by atoms with van der Waals surface area (Å²) >= 11 is 3.36. The minimum atomic E-state index is -0.260. The van der Waals surface area contributed by atoms with Crippen molar-refractivity contribution < 1.29 is 4.39 Å². The van der Waals surface area contributed by atoms with Crippen LogP contribution in [0.2, 0.25) is 0 Å². The van der Waals surface area contributed by atoms with Gasteiger partial charge in [0.05, 0.1) is 5.69 Å². The fourth-order valence-corrected chi connectivity index (χ4v) is 2.80. The summed E-state index contributed by atoms with van der Waals surface area (Å²) in [7, 11) is 0. The summed E-state index contributed by atoms with van der Waals surface area (Å²) < 4.78 is 14.7. The first-order chi connectivity index (χ1) is 9.63. The number of hydrogen-bond acceptors (Lipinski definition) is 3. The summed E-state index contributed by atoms with van der Waals surface area (Å²) in [5.74, 6) is 0.593. The molecule has 0 bridgehead atoms. The van der Waals surface area contributed by atoms with Gasteiger partial charge < -0.3 is 10.6 Å². The van der Waals surface area contributed by atoms with Gasteiger partial charge in [-0.3, -0.25) is 5.10 Å². The smallest absolute Gasteiger partial charge is 0.150 e. The summed E-state index contributed by atoms with van der Waals surface area (Å²) in [5.41, 5.74) is 7.11. The van der Waals surface area contributed by atoms with Gasteiger partial charge in [-0.2, -0.15) is 5.10 Å². The molecule has 2 heterocycles. The fourth-order valence-electron chi connectivity index (χ4n) is 2.44. The number of hydrogen-bond donors (Lipinski definition) is 2. The second-order valence-corrected chi connectivity index (χ2v) is 6.00. The van der Waals surface area contributed by atoms with Gasteiger partial charge in [0.15, 0.2) is 5.82 Å². The van der Waals surface area contributed by atoms with E-state index in [0.717, 1.165) is 36.2 Å². The third-order valence-corrected chi connectivity index (χ3v) is 4.14. The Hall–Kier alpha value is -1.40. The molecule has 1 aliphatic heterocycles. The molecule has 20 heavy (non-hydrogen) atoms. The number of anilines is 1. The van der Waals surface area contributed by atoms with E-state index in [4.69, 9.17) is 5.73 Å². The van der Waals surface area contributed by atoms with Gasteiger partial charge in [-0.15, -0.1) is 0 Å². The minimum absolute atomic E-state index is 0.260. The first kappa shape index (κ1) is 13.6. The van der Waals surface area contributed by atoms with Gasteiger partial charge in [0.1, 0.15) is 5.82 Å². The van der Waals surface area contributed by atoms with Gasteiger partial charge in [-0.05, 0) is 31.0 Å². The predicted molar refractivity (Wildman–Crippen MR) is 81.1 cm³/mol. The predicted octanol–water partition coefficient (Wildman–Crippen LogP) is 2.91. The van der Waals surface area contributed by atoms with Crippen LogP contribution in [-0.2, 0) is 0 Å². The van der Waals surface area contributed by atoms with Crippen molar-refractivity contribution in [1.29, 1.82) is 0 Å². The molecule has 0 unspecified atom stereocenters. The Bertz CT molecular complexity index is 605. The van der Waals surface area contributed by atoms with E-state index in [0.29, 0.717) is 11.3 Å². The van der Waals surface area contributed by atoms with Crippen LogP contribution in [0.1, 0.15) is 12.8 Å². The molecule has 1 aromatic heterocycles. The molecule has 1 fully saturated rings. The average molecular weight is 339 g/mol. The molecule has 1 saturated heterocycles. The number of piperidine rings is 1. The highest BCUT2D eigenvalue weighted by Crippen LogP contribution is 2.28. The van der Waals surface area contributed by atoms with E-state index in [2.05, 4.69) is 31.0 Å². The lowest BCUT2D eigenvalue weighted by Gasteiger charge is -2.29. The maximum Gasteiger partial charge on any atom is 0.150 e. The Morgan fingerprint density at radius 1 is 1.30 bits per heavy atom. The average Bonchev–Trinajstić information content (AvgIpc) is 2.92. The molecular formula is C14H16BrFN4. The summed E-state index contributed by atoms with van der Waals surface area (Å²) in [6.07, 6.45) is 1.93. The third kappa shape index (κ3) is 2.71. The number of halogens is 2. The first-order valence-corrected chi connectivity index (χ1v) is 7.44. The SMILES string of the molecule is NC1CCN(c2cc(-c3cc(Br)ccc3F)[nH]n2)CC1. The molecule has 1 aliphatic rings. The van der Waals surface area contributed by atoms with Crippen molar-refractivity contribution in [2.45, 2.75) is 18.9 Å². The molecule has 106 valence electrons. The molecule has 0 amide bonds. The quantitative estimate of drug-likeness (QED) is 0.885. The van der Waals surface area contributed by atoms with Crippen molar-refractivity contribution in [2.75, 3.05) is 18.0 Å². The monoisotopic (exact) mass is 338 g/mol. The third-order valence-electron chi connectivity index (χ3n) is 3.65. The van der Waals surface area contributed by atoms with E-state index in [1.807, 2.05) is 6.07 Å². The van der Waals surface area contributed by atoms with Gasteiger partial charge >= 0.3 is 0 Å². The highest BCUT2D eigenvalue weighted by Gasteiger charge is 2.19. The minimum Gasteiger partial charge on any atom is -0.355 e. The molecule has 0 spiro atoms. The number of nitrogens with two attached hydrogens (primary N) is 1. The van der Waals surface area contributed by atoms with Gasteiger partial charge in [-0.1, -0.05) is 15.9 Å². The van der Waals surface area contributed by atoms with Gasteiger partial charge in [-0.25, -0.2) is 4.39 Å². The normalized spacial score (nSPS) is 16.6. The van der Waals surface area contributed by atoms with Crippen LogP contribution < -0.4 is 10.6 Å². The van der Waals surface area contributed by atoms with Crippen molar-refractivity contribution in [3.63, 3.8) is 0 Å². The van der Waals surface area contributed by atoms with Crippen LogP contribution in [0.25, 0.3) is 11.3 Å². The van der Waals surface area contributed by atoms with Crippen LogP contribution >= 0.6 is 15.9 Å². The molecule has 3 N–H and O–H groups in total. The van der Waals surface area contributed by atoms with Crippen LogP contribution in [0.4, 0.5) is 10.2 Å². The van der Waals surface area contributed by atoms with Crippen LogP contribution in [0.5, 0.6) is 0 Å². The highest BCUT2D eigenvalue weighted by molar-refractivity contribution is 9.10. The Labute approximate surface area is 125 Å². The molecule has 3 rings (SSSR count). The molecule has 0 saturated carbocycles. The molecule has 1 aromatic carbocycles. The first-order valence-electron chi connectivity index (χ1n) is 6.65. The summed E-state index contributed by atoms with van der Waals surface area (Å²) in [6, 6.07) is 7.05. The van der Waals surface area contributed by atoms with Crippen LogP contribution in [0.15, 0.2) is 28.7 Å². The highest BCUT2D eigenvalue weighted by atomic mass is 79.9. The molecule has 4 nitrogen and oxygen atoms in total. The van der Waals surface area contributed by atoms with E-state index in [9.17, 15) is 4.39 Å². The largest absolute Gasteiger partial charge is 0.355 e. The van der Waals surface area contributed by atoms with Crippen molar-refractivity contribution in [3.8, 4) is 11.3 Å². The Morgan fingerprint density at radius 3 is 2.80 bits per heavy atom.